The number of carbonyl (C=O) groups is 6. The molecule has 7 fully saturated rings. The maximum absolute atomic E-state index is 11.5. The van der Waals surface area contributed by atoms with Crippen LogP contribution in [-0.4, -0.2) is 141 Å². The zero-order valence-electron chi connectivity index (χ0n) is 56.3. The SMILES string of the molecule is C1=CCCCCCC1.C1CCC([PH+](C2CCCCC2)C2CCCCC2)CC1.C=CC(=O)OCC1COC(=O)O1.Cc1cc(C)c(N2[CH-]N(C)CC2)c(C)c1.O=C(C=CCCCCCC/C=C/C(=O)OCC1COC(=O)O1)OCC1COC(=O)O1.[Cl][Ru]([Cl])=[CH]c1ccccc1. The van der Waals surface area contributed by atoms with Crippen LogP contribution in [0.5, 0.6) is 0 Å². The van der Waals surface area contributed by atoms with Gasteiger partial charge in [0.2, 0.25) is 0 Å². The van der Waals surface area contributed by atoms with Crippen molar-refractivity contribution < 1.29 is 84.9 Å². The summed E-state index contributed by atoms with van der Waals surface area (Å²) in [4.78, 5) is 70.0. The first-order valence-corrected chi connectivity index (χ1v) is 41.5. The fourth-order valence-corrected chi connectivity index (χ4v) is 19.8. The van der Waals surface area contributed by atoms with Crippen molar-refractivity contribution >= 4 is 74.0 Å². The molecular weight excluding hydrogens is 1350 g/mol. The molecule has 4 aliphatic heterocycles. The van der Waals surface area contributed by atoms with E-state index < -0.39 is 68.2 Å². The number of nitrogens with zero attached hydrogens (tertiary/aromatic N) is 2. The van der Waals surface area contributed by atoms with Gasteiger partial charge < -0.3 is 52.4 Å². The standard InChI is InChI=1S/C20H26O10.C18H33P.C13H19N2.C8H14.C7H8O5.C7H6.2ClH.Ru/c21-17(25-11-15-13-27-19(23)29-15)9-7-5-3-1-2-4-6-8-10-18(22)26-12-16-14-28-20(24)30-16;1-4-10-16(11-5-1)19(17-12-6-2-7-13-17)18-14-8-3-9-15-18;1-10-7-11(2)13(12(3)8-10)15-6-5-14(4)9-15;1-2-4-6-8-7-5-3-1;1-2-6(8)10-3-5-4-11-7(9)12-5;1-7-5-3-2-4-6-7;;;/h7-10,15-16H,1-6,11-14H2;16-18H,1-15H2;7-9H,5-6H2,1-4H3;1-2H,3-8H2;2,5H,1,3-4H2;1-6H;2*1H;/q;;-1;;;;;;+2/p-1/b9-7+,10-8?;;;;;;;;. The fraction of sp³-hybridized carbons (Fsp3) is 0.616. The molecule has 0 amide bonds. The summed E-state index contributed by atoms with van der Waals surface area (Å²) < 4.78 is 44.2. The number of rotatable bonds is 21. The number of halogens is 2. The van der Waals surface area contributed by atoms with Crippen molar-refractivity contribution in [1.29, 1.82) is 0 Å². The van der Waals surface area contributed by atoms with Gasteiger partial charge in [-0.3, -0.25) is 0 Å². The molecule has 3 atom stereocenters. The van der Waals surface area contributed by atoms with Gasteiger partial charge in [-0.15, -0.1) is 0 Å². The predicted octanol–water partition coefficient (Wildman–Crippen LogP) is 17.2. The molecule has 0 aromatic heterocycles. The number of allylic oxidation sites excluding steroid dienone is 4. The Morgan fingerprint density at radius 3 is 1.35 bits per heavy atom. The summed E-state index contributed by atoms with van der Waals surface area (Å²) in [6.45, 7) is 14.5. The Bertz CT molecular complexity index is 2560. The van der Waals surface area contributed by atoms with Gasteiger partial charge in [0, 0.05) is 38.4 Å². The number of ether oxygens (including phenoxy) is 9. The van der Waals surface area contributed by atoms with Crippen LogP contribution < -0.4 is 4.90 Å². The van der Waals surface area contributed by atoms with Crippen molar-refractivity contribution in [2.45, 2.75) is 229 Å². The Balaban J connectivity index is 0.000000216. The normalized spacial score (nSPS) is 20.9. The van der Waals surface area contributed by atoms with E-state index >= 15 is 0 Å². The third-order valence-electron chi connectivity index (χ3n) is 17.2. The minimum atomic E-state index is -1.61. The van der Waals surface area contributed by atoms with Gasteiger partial charge in [-0.2, -0.15) is 6.67 Å². The molecule has 94 heavy (non-hydrogen) atoms. The Morgan fingerprint density at radius 1 is 0.585 bits per heavy atom. The molecule has 2 aromatic rings. The van der Waals surface area contributed by atoms with E-state index in [4.69, 9.17) is 38.3 Å². The number of likely N-dealkylation sites (N-methyl/N-ethyl adjacent to an activating group) is 1. The molecule has 0 bridgehead atoms. The molecule has 2 aromatic carbocycles. The van der Waals surface area contributed by atoms with Crippen molar-refractivity contribution in [3.8, 4) is 0 Å². The van der Waals surface area contributed by atoms with Crippen LogP contribution in [0, 0.1) is 27.4 Å². The van der Waals surface area contributed by atoms with E-state index in [0.29, 0.717) is 0 Å². The van der Waals surface area contributed by atoms with E-state index in [2.05, 4.69) is 98.8 Å². The molecular formula is C73H107Cl2N2O15PRu. The van der Waals surface area contributed by atoms with Gasteiger partial charge >= 0.3 is 110 Å². The Morgan fingerprint density at radius 2 is 0.989 bits per heavy atom. The number of hydrogen-bond donors (Lipinski definition) is 0. The molecule has 4 saturated heterocycles. The average molecular weight is 1460 g/mol. The molecule has 526 valence electrons. The van der Waals surface area contributed by atoms with Crippen LogP contribution in [0.2, 0.25) is 0 Å². The van der Waals surface area contributed by atoms with E-state index in [9.17, 15) is 28.8 Å². The molecule has 3 saturated carbocycles. The van der Waals surface area contributed by atoms with Gasteiger partial charge in [0.05, 0.1) is 17.0 Å². The number of unbranched alkanes of at least 4 members (excludes halogenated alkanes) is 5. The summed E-state index contributed by atoms with van der Waals surface area (Å²) in [6, 6.07) is 14.4. The third kappa shape index (κ3) is 34.2. The average Bonchev–Trinajstić information content (AvgIpc) is 1.25. The van der Waals surface area contributed by atoms with Gasteiger partial charge in [0.15, 0.2) is 18.3 Å². The topological polar surface area (TPSA) is 192 Å². The predicted molar refractivity (Wildman–Crippen MR) is 372 cm³/mol. The summed E-state index contributed by atoms with van der Waals surface area (Å²) in [6.07, 6.45) is 45.7. The molecule has 4 heterocycles. The van der Waals surface area contributed by atoms with Gasteiger partial charge in [-0.05, 0) is 174 Å². The second-order valence-electron chi connectivity index (χ2n) is 25.0. The number of anilines is 1. The summed E-state index contributed by atoms with van der Waals surface area (Å²) in [5, 5.41) is 0. The summed E-state index contributed by atoms with van der Waals surface area (Å²) in [5.41, 5.74) is 10.3. The number of hydrogen-bond acceptors (Lipinski definition) is 17. The van der Waals surface area contributed by atoms with E-state index in [1.807, 2.05) is 34.9 Å². The minimum absolute atomic E-state index is 0.0105. The quantitative estimate of drug-likeness (QED) is 0.0167. The van der Waals surface area contributed by atoms with E-state index in [1.165, 1.54) is 90.0 Å². The van der Waals surface area contributed by atoms with Crippen molar-refractivity contribution in [3.63, 3.8) is 0 Å². The zero-order chi connectivity index (χ0) is 67.6. The number of carbonyl (C=O) groups excluding carboxylic acids is 6. The van der Waals surface area contributed by atoms with Crippen LogP contribution in [0.1, 0.15) is 196 Å². The molecule has 0 spiro atoms. The van der Waals surface area contributed by atoms with Crippen LogP contribution in [0.4, 0.5) is 20.1 Å². The maximum atomic E-state index is 11.5. The molecule has 8 aliphatic rings. The van der Waals surface area contributed by atoms with Crippen LogP contribution in [0.3, 0.4) is 0 Å². The van der Waals surface area contributed by atoms with Crippen LogP contribution in [0.15, 0.2) is 91.6 Å². The molecule has 3 unspecified atom stereocenters. The first-order valence-electron chi connectivity index (χ1n) is 34.3. The Kier molecular flexibility index (Phi) is 40.4. The fourth-order valence-electron chi connectivity index (χ4n) is 12.7. The van der Waals surface area contributed by atoms with E-state index in [1.54, 1.807) is 108 Å². The van der Waals surface area contributed by atoms with Gasteiger partial charge in [0.25, 0.3) is 0 Å². The second kappa shape index (κ2) is 47.7. The monoisotopic (exact) mass is 1450 g/mol. The van der Waals surface area contributed by atoms with Crippen LogP contribution in [0.25, 0.3) is 0 Å². The van der Waals surface area contributed by atoms with Crippen molar-refractivity contribution in [1.82, 2.24) is 4.90 Å². The Labute approximate surface area is 574 Å². The number of esters is 3. The van der Waals surface area contributed by atoms with E-state index in [-0.39, 0.29) is 47.6 Å². The van der Waals surface area contributed by atoms with Crippen molar-refractivity contribution in [3.05, 3.63) is 120 Å². The molecule has 17 nitrogen and oxygen atoms in total. The van der Waals surface area contributed by atoms with Crippen molar-refractivity contribution in [2.75, 3.05) is 64.7 Å². The zero-order valence-corrected chi connectivity index (χ0v) is 60.5. The van der Waals surface area contributed by atoms with Crippen LogP contribution >= 0.6 is 27.3 Å². The third-order valence-corrected chi connectivity index (χ3v) is 23.6. The van der Waals surface area contributed by atoms with Crippen LogP contribution in [-0.2, 0) is 70.5 Å². The molecule has 4 aliphatic carbocycles. The summed E-state index contributed by atoms with van der Waals surface area (Å²) >= 11 is -1.61. The summed E-state index contributed by atoms with van der Waals surface area (Å²) in [5.74, 6) is -1.50. The number of benzene rings is 2. The molecule has 0 radical (unpaired) electrons. The van der Waals surface area contributed by atoms with Crippen molar-refractivity contribution in [2.24, 2.45) is 0 Å². The van der Waals surface area contributed by atoms with Gasteiger partial charge in [0.1, 0.15) is 39.6 Å². The summed E-state index contributed by atoms with van der Waals surface area (Å²) in [7, 11) is 13.4. The molecule has 10 rings (SSSR count). The Hall–Kier alpha value is -5.12. The van der Waals surface area contributed by atoms with Gasteiger partial charge in [-0.25, -0.2) is 28.8 Å². The molecule has 21 heteroatoms. The second-order valence-corrected chi connectivity index (χ2v) is 34.2. The molecule has 0 N–H and O–H groups in total. The van der Waals surface area contributed by atoms with Gasteiger partial charge in [-0.1, -0.05) is 93.5 Å². The first-order chi connectivity index (χ1) is 45.6. The number of aryl methyl sites for hydroxylation is 3. The van der Waals surface area contributed by atoms with E-state index in [0.717, 1.165) is 63.3 Å². The first kappa shape index (κ1) is 79.6. The number of cyclic esters (lactones) is 6.